The van der Waals surface area contributed by atoms with Crippen LogP contribution in [0.2, 0.25) is 5.02 Å². The van der Waals surface area contributed by atoms with E-state index >= 15 is 0 Å². The molecule has 4 rings (SSSR count). The number of hydrogen-bond donors (Lipinski definition) is 2. The van der Waals surface area contributed by atoms with Crippen molar-refractivity contribution in [2.75, 3.05) is 19.7 Å². The van der Waals surface area contributed by atoms with E-state index in [0.717, 1.165) is 22.6 Å². The summed E-state index contributed by atoms with van der Waals surface area (Å²) < 4.78 is 5.57. The molecule has 2 aromatic rings. The number of aliphatic imine (C=N–C) groups is 1. The molecular weight excluding hydrogens is 414 g/mol. The quantitative estimate of drug-likeness (QED) is 0.741. The molecule has 1 spiro atoms. The summed E-state index contributed by atoms with van der Waals surface area (Å²) in [5, 5.41) is 14.8. The number of carbonyl (C=O) groups is 1. The first-order valence-electron chi connectivity index (χ1n) is 10.7. The maximum Gasteiger partial charge on any atom is 0.219 e. The van der Waals surface area contributed by atoms with E-state index in [0.29, 0.717) is 44.0 Å². The predicted molar refractivity (Wildman–Crippen MR) is 122 cm³/mol. The van der Waals surface area contributed by atoms with Crippen LogP contribution in [0.3, 0.4) is 0 Å². The van der Waals surface area contributed by atoms with Crippen LogP contribution < -0.4 is 10.1 Å². The Bertz CT molecular complexity index is 982. The molecular formula is C24H28ClN3O3. The molecule has 2 N–H and O–H groups in total. The fraction of sp³-hybridized carbons (Fsp3) is 0.417. The molecule has 2 aliphatic rings. The van der Waals surface area contributed by atoms with Gasteiger partial charge in [-0.2, -0.15) is 0 Å². The highest BCUT2D eigenvalue weighted by atomic mass is 35.5. The molecule has 0 unspecified atom stereocenters. The summed E-state index contributed by atoms with van der Waals surface area (Å²) >= 11 is 6.24. The number of benzene rings is 2. The number of amides is 1. The lowest BCUT2D eigenvalue weighted by atomic mass is 9.87. The van der Waals surface area contributed by atoms with E-state index in [-0.39, 0.29) is 17.7 Å². The summed E-state index contributed by atoms with van der Waals surface area (Å²) in [7, 11) is 0. The van der Waals surface area contributed by atoms with Crippen molar-refractivity contribution in [2.45, 2.75) is 44.8 Å². The number of hydrogen-bond acceptors (Lipinski definition) is 5. The Labute approximate surface area is 187 Å². The van der Waals surface area contributed by atoms with Crippen LogP contribution in [-0.4, -0.2) is 47.0 Å². The van der Waals surface area contributed by atoms with Gasteiger partial charge >= 0.3 is 0 Å². The number of aromatic hydroxyl groups is 1. The molecule has 0 radical (unpaired) electrons. The third-order valence-corrected chi connectivity index (χ3v) is 6.32. The van der Waals surface area contributed by atoms with Gasteiger partial charge in [0.15, 0.2) is 0 Å². The Morgan fingerprint density at radius 2 is 1.97 bits per heavy atom. The van der Waals surface area contributed by atoms with Gasteiger partial charge in [0.2, 0.25) is 5.91 Å². The zero-order valence-corrected chi connectivity index (χ0v) is 18.7. The van der Waals surface area contributed by atoms with Crippen LogP contribution in [0.5, 0.6) is 11.5 Å². The lowest BCUT2D eigenvalue weighted by molar-refractivity contribution is -0.130. The number of ether oxygens (including phenoxy) is 1. The smallest absolute Gasteiger partial charge is 0.219 e. The lowest BCUT2D eigenvalue weighted by Gasteiger charge is -2.45. The zero-order chi connectivity index (χ0) is 22.0. The number of likely N-dealkylation sites (tertiary alicyclic amines) is 1. The Balaban J connectivity index is 1.69. The SMILES string of the molecule is CCOc1ccc(C2=NC3(CCN(C(C)=O)CC3)N[C@H](c3cc(Cl)ccc3O)C2)cc1. The van der Waals surface area contributed by atoms with Crippen molar-refractivity contribution in [3.05, 3.63) is 58.6 Å². The van der Waals surface area contributed by atoms with Crippen LogP contribution in [0.25, 0.3) is 0 Å². The van der Waals surface area contributed by atoms with E-state index in [1.807, 2.05) is 42.2 Å². The van der Waals surface area contributed by atoms with E-state index in [1.54, 1.807) is 19.1 Å². The Hall–Kier alpha value is -2.57. The van der Waals surface area contributed by atoms with Crippen LogP contribution in [0, 0.1) is 0 Å². The van der Waals surface area contributed by atoms with E-state index in [1.165, 1.54) is 0 Å². The van der Waals surface area contributed by atoms with Crippen molar-refractivity contribution < 1.29 is 14.6 Å². The van der Waals surface area contributed by atoms with Gasteiger partial charge in [-0.25, -0.2) is 0 Å². The van der Waals surface area contributed by atoms with E-state index in [2.05, 4.69) is 5.32 Å². The summed E-state index contributed by atoms with van der Waals surface area (Å²) in [6.45, 7) is 5.49. The fourth-order valence-corrected chi connectivity index (χ4v) is 4.62. The maximum absolute atomic E-state index is 11.8. The number of piperidine rings is 1. The van der Waals surface area contributed by atoms with E-state index in [4.69, 9.17) is 21.3 Å². The second kappa shape index (κ2) is 8.89. The third kappa shape index (κ3) is 4.70. The van der Waals surface area contributed by atoms with Crippen molar-refractivity contribution in [1.82, 2.24) is 10.2 Å². The second-order valence-electron chi connectivity index (χ2n) is 8.16. The minimum absolute atomic E-state index is 0.0883. The highest BCUT2D eigenvalue weighted by Crippen LogP contribution is 2.38. The average molecular weight is 442 g/mol. The Kier molecular flexibility index (Phi) is 6.21. The standard InChI is InChI=1S/C24H28ClN3O3/c1-3-31-19-7-4-17(5-8-19)21-15-22(20-14-18(25)6-9-23(20)30)27-24(26-21)10-12-28(13-11-24)16(2)29/h4-9,14,22,27,30H,3,10-13,15H2,1-2H3/t22-/m0/s1. The van der Waals surface area contributed by atoms with Crippen LogP contribution in [0.1, 0.15) is 50.3 Å². The van der Waals surface area contributed by atoms with Gasteiger partial charge in [-0.3, -0.25) is 15.1 Å². The molecule has 31 heavy (non-hydrogen) atoms. The number of nitrogens with zero attached hydrogens (tertiary/aromatic N) is 2. The van der Waals surface area contributed by atoms with Gasteiger partial charge < -0.3 is 14.7 Å². The summed E-state index contributed by atoms with van der Waals surface area (Å²) in [4.78, 5) is 18.8. The topological polar surface area (TPSA) is 74.2 Å². The number of phenolic OH excluding ortho intramolecular Hbond substituents is 1. The third-order valence-electron chi connectivity index (χ3n) is 6.09. The summed E-state index contributed by atoms with van der Waals surface area (Å²) in [6, 6.07) is 13.0. The summed E-state index contributed by atoms with van der Waals surface area (Å²) in [6.07, 6.45) is 2.05. The van der Waals surface area contributed by atoms with E-state index in [9.17, 15) is 9.90 Å². The molecule has 2 heterocycles. The van der Waals surface area contributed by atoms with Crippen LogP contribution in [0.4, 0.5) is 0 Å². The molecule has 6 nitrogen and oxygen atoms in total. The molecule has 0 aromatic heterocycles. The van der Waals surface area contributed by atoms with Gasteiger partial charge in [0.25, 0.3) is 0 Å². The van der Waals surface area contributed by atoms with E-state index < -0.39 is 5.66 Å². The number of phenols is 1. The molecule has 1 fully saturated rings. The van der Waals surface area contributed by atoms with Crippen LogP contribution in [0.15, 0.2) is 47.5 Å². The van der Waals surface area contributed by atoms with Crippen molar-refractivity contribution >= 4 is 23.2 Å². The Morgan fingerprint density at radius 3 is 2.61 bits per heavy atom. The monoisotopic (exact) mass is 441 g/mol. The molecule has 7 heteroatoms. The van der Waals surface area contributed by atoms with Gasteiger partial charge in [-0.15, -0.1) is 0 Å². The molecule has 0 bridgehead atoms. The molecule has 1 atom stereocenters. The second-order valence-corrected chi connectivity index (χ2v) is 8.59. The molecule has 2 aromatic carbocycles. The van der Waals surface area contributed by atoms with Gasteiger partial charge in [0.05, 0.1) is 6.61 Å². The number of halogens is 1. The molecule has 0 aliphatic carbocycles. The summed E-state index contributed by atoms with van der Waals surface area (Å²) in [5.41, 5.74) is 2.28. The van der Waals surface area contributed by atoms with Crippen molar-refractivity contribution in [3.63, 3.8) is 0 Å². The first-order valence-corrected chi connectivity index (χ1v) is 11.1. The molecule has 1 amide bonds. The Morgan fingerprint density at radius 1 is 1.26 bits per heavy atom. The summed E-state index contributed by atoms with van der Waals surface area (Å²) in [5.74, 6) is 1.13. The van der Waals surface area contributed by atoms with Crippen LogP contribution >= 0.6 is 11.6 Å². The number of rotatable bonds is 4. The maximum atomic E-state index is 11.8. The minimum Gasteiger partial charge on any atom is -0.508 e. The highest BCUT2D eigenvalue weighted by molar-refractivity contribution is 6.30. The zero-order valence-electron chi connectivity index (χ0n) is 17.9. The normalized spacial score (nSPS) is 20.4. The molecule has 1 saturated heterocycles. The first kappa shape index (κ1) is 21.7. The predicted octanol–water partition coefficient (Wildman–Crippen LogP) is 4.31. The number of nitrogens with one attached hydrogen (secondary N) is 1. The van der Waals surface area contributed by atoms with Crippen molar-refractivity contribution in [1.29, 1.82) is 0 Å². The minimum atomic E-state index is -0.489. The van der Waals surface area contributed by atoms with Crippen molar-refractivity contribution in [3.8, 4) is 11.5 Å². The van der Waals surface area contributed by atoms with Crippen molar-refractivity contribution in [2.24, 2.45) is 4.99 Å². The van der Waals surface area contributed by atoms with Gasteiger partial charge in [0.1, 0.15) is 17.2 Å². The first-order chi connectivity index (χ1) is 14.9. The van der Waals surface area contributed by atoms with Gasteiger partial charge in [-0.1, -0.05) is 11.6 Å². The lowest BCUT2D eigenvalue weighted by Crippen LogP contribution is -2.56. The highest BCUT2D eigenvalue weighted by Gasteiger charge is 2.41. The molecule has 0 saturated carbocycles. The van der Waals surface area contributed by atoms with Gasteiger partial charge in [0, 0.05) is 61.6 Å². The number of carbonyl (C=O) groups excluding carboxylic acids is 1. The van der Waals surface area contributed by atoms with Crippen LogP contribution in [-0.2, 0) is 4.79 Å². The average Bonchev–Trinajstić information content (AvgIpc) is 2.76. The largest absolute Gasteiger partial charge is 0.508 e. The van der Waals surface area contributed by atoms with Gasteiger partial charge in [-0.05, 0) is 55.0 Å². The molecule has 164 valence electrons. The fourth-order valence-electron chi connectivity index (χ4n) is 4.44. The molecule has 2 aliphatic heterocycles.